The Balaban J connectivity index is 2.60. The number of hydrogen-bond acceptors (Lipinski definition) is 4. The van der Waals surface area contributed by atoms with Gasteiger partial charge >= 0.3 is 5.97 Å². The Bertz CT molecular complexity index is 297. The largest absolute Gasteiger partial charge is 0.466 e. The Labute approximate surface area is 117 Å². The molecule has 0 radical (unpaired) electrons. The normalized spacial score (nSPS) is 17.8. The quantitative estimate of drug-likeness (QED) is 0.566. The number of nitrogens with zero attached hydrogens (tertiary/aromatic N) is 1. The number of methoxy groups -OCH3 is 1. The van der Waals surface area contributed by atoms with Crippen LogP contribution in [0.5, 0.6) is 0 Å². The lowest BCUT2D eigenvalue weighted by Crippen LogP contribution is -2.43. The van der Waals surface area contributed by atoms with Crippen LogP contribution in [-0.2, 0) is 9.53 Å². The molecule has 0 spiro atoms. The predicted octanol–water partition coefficient (Wildman–Crippen LogP) is 1.96. The fraction of sp³-hybridized carbons (Fsp3) is 0.800. The Morgan fingerprint density at radius 3 is 2.58 bits per heavy atom. The van der Waals surface area contributed by atoms with Gasteiger partial charge < -0.3 is 10.1 Å². The van der Waals surface area contributed by atoms with Crippen LogP contribution in [0.2, 0.25) is 0 Å². The van der Waals surface area contributed by atoms with Crippen LogP contribution in [0.4, 0.5) is 0 Å². The maximum absolute atomic E-state index is 11.6. The summed E-state index contributed by atoms with van der Waals surface area (Å²) in [4.78, 5) is 14.1. The summed E-state index contributed by atoms with van der Waals surface area (Å²) in [6.45, 7) is 8.37. The Hall–Kier alpha value is -0.870. The van der Waals surface area contributed by atoms with E-state index in [1.54, 1.807) is 0 Å². The van der Waals surface area contributed by atoms with Crippen molar-refractivity contribution in [2.45, 2.75) is 45.6 Å². The Kier molecular flexibility index (Phi) is 7.75. The summed E-state index contributed by atoms with van der Waals surface area (Å²) in [5, 5.41) is 3.40. The number of piperidine rings is 1. The lowest BCUT2D eigenvalue weighted by molar-refractivity contribution is -0.136. The van der Waals surface area contributed by atoms with Gasteiger partial charge in [-0.25, -0.2) is 4.79 Å². The minimum atomic E-state index is -0.191. The topological polar surface area (TPSA) is 41.6 Å². The monoisotopic (exact) mass is 268 g/mol. The molecule has 110 valence electrons. The highest BCUT2D eigenvalue weighted by atomic mass is 16.5. The fourth-order valence-corrected chi connectivity index (χ4v) is 2.61. The standard InChI is InChI=1S/C15H28N2O2/c1-4-11-17(14-6-9-16-10-7-14)12-8-13(5-2)15(18)19-3/h8,14,16H,4-7,9-12H2,1-3H3. The van der Waals surface area contributed by atoms with E-state index < -0.39 is 0 Å². The predicted molar refractivity (Wildman–Crippen MR) is 78.1 cm³/mol. The van der Waals surface area contributed by atoms with Gasteiger partial charge in [-0.05, 0) is 45.3 Å². The number of nitrogens with one attached hydrogen (secondary N) is 1. The molecule has 4 heteroatoms. The zero-order chi connectivity index (χ0) is 14.1. The molecule has 0 unspecified atom stereocenters. The molecule has 4 nitrogen and oxygen atoms in total. The minimum absolute atomic E-state index is 0.191. The van der Waals surface area contributed by atoms with E-state index in [0.29, 0.717) is 6.04 Å². The summed E-state index contributed by atoms with van der Waals surface area (Å²) in [5.41, 5.74) is 0.789. The van der Waals surface area contributed by atoms with Crippen molar-refractivity contribution in [2.24, 2.45) is 0 Å². The second-order valence-corrected chi connectivity index (χ2v) is 5.05. The highest BCUT2D eigenvalue weighted by molar-refractivity contribution is 5.88. The van der Waals surface area contributed by atoms with E-state index in [2.05, 4.69) is 17.1 Å². The fourth-order valence-electron chi connectivity index (χ4n) is 2.61. The number of carbonyl (C=O) groups is 1. The van der Waals surface area contributed by atoms with E-state index >= 15 is 0 Å². The van der Waals surface area contributed by atoms with E-state index in [4.69, 9.17) is 4.74 Å². The van der Waals surface area contributed by atoms with Crippen LogP contribution in [0.3, 0.4) is 0 Å². The second-order valence-electron chi connectivity index (χ2n) is 5.05. The van der Waals surface area contributed by atoms with Crippen molar-refractivity contribution in [1.29, 1.82) is 0 Å². The maximum Gasteiger partial charge on any atom is 0.333 e. The average molecular weight is 268 g/mol. The molecule has 1 aliphatic rings. The van der Waals surface area contributed by atoms with Gasteiger partial charge in [-0.15, -0.1) is 0 Å². The van der Waals surface area contributed by atoms with Crippen molar-refractivity contribution in [1.82, 2.24) is 10.2 Å². The van der Waals surface area contributed by atoms with E-state index in [0.717, 1.165) is 44.6 Å². The summed E-state index contributed by atoms with van der Waals surface area (Å²) in [5.74, 6) is -0.191. The first-order valence-corrected chi connectivity index (χ1v) is 7.45. The van der Waals surface area contributed by atoms with Crippen LogP contribution in [-0.4, -0.2) is 50.2 Å². The summed E-state index contributed by atoms with van der Waals surface area (Å²) in [6, 6.07) is 0.646. The molecule has 0 aromatic carbocycles. The molecule has 1 heterocycles. The highest BCUT2D eigenvalue weighted by Crippen LogP contribution is 2.13. The third-order valence-electron chi connectivity index (χ3n) is 3.74. The minimum Gasteiger partial charge on any atom is -0.466 e. The van der Waals surface area contributed by atoms with E-state index in [9.17, 15) is 4.79 Å². The van der Waals surface area contributed by atoms with Crippen molar-refractivity contribution in [3.8, 4) is 0 Å². The van der Waals surface area contributed by atoms with Crippen molar-refractivity contribution in [2.75, 3.05) is 33.3 Å². The van der Waals surface area contributed by atoms with Crippen LogP contribution < -0.4 is 5.32 Å². The van der Waals surface area contributed by atoms with Crippen molar-refractivity contribution in [3.63, 3.8) is 0 Å². The van der Waals surface area contributed by atoms with E-state index in [1.807, 2.05) is 13.0 Å². The van der Waals surface area contributed by atoms with Crippen molar-refractivity contribution >= 4 is 5.97 Å². The van der Waals surface area contributed by atoms with Crippen LogP contribution in [0.15, 0.2) is 11.6 Å². The average Bonchev–Trinajstić information content (AvgIpc) is 2.47. The summed E-state index contributed by atoms with van der Waals surface area (Å²) < 4.78 is 4.81. The molecule has 0 saturated carbocycles. The SMILES string of the molecule is CCCN(CC=C(CC)C(=O)OC)C1CCNCC1. The van der Waals surface area contributed by atoms with Crippen LogP contribution in [0, 0.1) is 0 Å². The molecule has 1 fully saturated rings. The second kappa shape index (κ2) is 9.10. The van der Waals surface area contributed by atoms with Gasteiger partial charge in [0.05, 0.1) is 7.11 Å². The maximum atomic E-state index is 11.6. The molecular formula is C15H28N2O2. The van der Waals surface area contributed by atoms with Gasteiger partial charge in [-0.2, -0.15) is 0 Å². The number of hydrogen-bond donors (Lipinski definition) is 1. The first-order valence-electron chi connectivity index (χ1n) is 7.45. The molecule has 0 atom stereocenters. The third-order valence-corrected chi connectivity index (χ3v) is 3.74. The van der Waals surface area contributed by atoms with Gasteiger partial charge in [-0.3, -0.25) is 4.90 Å². The molecule has 19 heavy (non-hydrogen) atoms. The highest BCUT2D eigenvalue weighted by Gasteiger charge is 2.19. The van der Waals surface area contributed by atoms with Gasteiger partial charge in [-0.1, -0.05) is 19.9 Å². The summed E-state index contributed by atoms with van der Waals surface area (Å²) in [7, 11) is 1.45. The molecule has 0 amide bonds. The first-order chi connectivity index (χ1) is 9.22. The lowest BCUT2D eigenvalue weighted by atomic mass is 10.0. The number of ether oxygens (including phenoxy) is 1. The zero-order valence-corrected chi connectivity index (χ0v) is 12.6. The molecule has 1 saturated heterocycles. The molecule has 0 aromatic heterocycles. The van der Waals surface area contributed by atoms with Crippen LogP contribution in [0.25, 0.3) is 0 Å². The molecular weight excluding hydrogens is 240 g/mol. The third kappa shape index (κ3) is 5.33. The van der Waals surface area contributed by atoms with E-state index in [1.165, 1.54) is 20.0 Å². The van der Waals surface area contributed by atoms with Gasteiger partial charge in [0.2, 0.25) is 0 Å². The molecule has 0 bridgehead atoms. The van der Waals surface area contributed by atoms with Gasteiger partial charge in [0.25, 0.3) is 0 Å². The molecule has 0 aliphatic carbocycles. The van der Waals surface area contributed by atoms with Gasteiger partial charge in [0.15, 0.2) is 0 Å². The van der Waals surface area contributed by atoms with Crippen molar-refractivity contribution in [3.05, 3.63) is 11.6 Å². The summed E-state index contributed by atoms with van der Waals surface area (Å²) >= 11 is 0. The van der Waals surface area contributed by atoms with Crippen LogP contribution >= 0.6 is 0 Å². The summed E-state index contributed by atoms with van der Waals surface area (Å²) in [6.07, 6.45) is 6.33. The molecule has 0 aromatic rings. The Morgan fingerprint density at radius 2 is 2.05 bits per heavy atom. The molecule has 1 aliphatic heterocycles. The van der Waals surface area contributed by atoms with Gasteiger partial charge in [0, 0.05) is 18.2 Å². The van der Waals surface area contributed by atoms with Gasteiger partial charge in [0.1, 0.15) is 0 Å². The zero-order valence-electron chi connectivity index (χ0n) is 12.6. The Morgan fingerprint density at radius 1 is 1.37 bits per heavy atom. The first kappa shape index (κ1) is 16.2. The lowest BCUT2D eigenvalue weighted by Gasteiger charge is -2.33. The van der Waals surface area contributed by atoms with Crippen LogP contribution in [0.1, 0.15) is 39.5 Å². The molecule has 1 rings (SSSR count). The smallest absolute Gasteiger partial charge is 0.333 e. The molecule has 1 N–H and O–H groups in total. The van der Waals surface area contributed by atoms with Crippen molar-refractivity contribution < 1.29 is 9.53 Å². The number of esters is 1. The van der Waals surface area contributed by atoms with E-state index in [-0.39, 0.29) is 5.97 Å². The number of carbonyl (C=O) groups excluding carboxylic acids is 1. The number of rotatable bonds is 7.